The fourth-order valence-corrected chi connectivity index (χ4v) is 10.0. The van der Waals surface area contributed by atoms with Gasteiger partial charge in [0.2, 0.25) is 0 Å². The van der Waals surface area contributed by atoms with Crippen LogP contribution in [-0.2, 0) is 19.1 Å². The molecule has 2 saturated carbocycles. The van der Waals surface area contributed by atoms with Crippen molar-refractivity contribution >= 4 is 11.8 Å². The molecule has 1 aliphatic heterocycles. The molecule has 10 atom stereocenters. The fraction of sp³-hybridized carbons (Fsp3) is 0.812. The Morgan fingerprint density at radius 1 is 1.16 bits per heavy atom. The van der Waals surface area contributed by atoms with Crippen molar-refractivity contribution in [1.29, 1.82) is 0 Å². The summed E-state index contributed by atoms with van der Waals surface area (Å²) in [5.74, 6) is 0.923. The van der Waals surface area contributed by atoms with Crippen LogP contribution in [0.15, 0.2) is 23.8 Å². The number of hydrogen-bond acceptors (Lipinski definition) is 6. The molecule has 1 heterocycles. The lowest BCUT2D eigenvalue weighted by atomic mass is 9.38. The van der Waals surface area contributed by atoms with E-state index in [0.717, 1.165) is 25.7 Å². The first-order valence-corrected chi connectivity index (χ1v) is 14.6. The van der Waals surface area contributed by atoms with Crippen LogP contribution in [0.4, 0.5) is 0 Å². The van der Waals surface area contributed by atoms with Crippen molar-refractivity contribution in [2.24, 2.45) is 45.3 Å². The van der Waals surface area contributed by atoms with Gasteiger partial charge < -0.3 is 19.7 Å². The van der Waals surface area contributed by atoms with Crippen molar-refractivity contribution < 1.29 is 29.3 Å². The summed E-state index contributed by atoms with van der Waals surface area (Å²) in [6, 6.07) is 0. The van der Waals surface area contributed by atoms with Crippen LogP contribution in [0.1, 0.15) is 87.5 Å². The van der Waals surface area contributed by atoms with E-state index in [1.54, 1.807) is 13.8 Å². The largest absolute Gasteiger partial charge is 0.462 e. The molecule has 3 fully saturated rings. The highest BCUT2D eigenvalue weighted by Crippen LogP contribution is 2.72. The Hall–Kier alpha value is -1.50. The van der Waals surface area contributed by atoms with E-state index in [1.165, 1.54) is 12.5 Å². The van der Waals surface area contributed by atoms with Crippen molar-refractivity contribution in [3.63, 3.8) is 0 Å². The van der Waals surface area contributed by atoms with Gasteiger partial charge in [0.1, 0.15) is 12.2 Å². The van der Waals surface area contributed by atoms with E-state index >= 15 is 0 Å². The van der Waals surface area contributed by atoms with E-state index in [2.05, 4.69) is 46.8 Å². The topological polar surface area (TPSA) is 93.1 Å². The van der Waals surface area contributed by atoms with Gasteiger partial charge in [-0.3, -0.25) is 9.59 Å². The van der Waals surface area contributed by atoms with Crippen LogP contribution in [0.5, 0.6) is 0 Å². The molecule has 4 aliphatic carbocycles. The summed E-state index contributed by atoms with van der Waals surface area (Å²) in [5, 5.41) is 21.1. The quantitative estimate of drug-likeness (QED) is 0.393. The van der Waals surface area contributed by atoms with E-state index in [4.69, 9.17) is 9.47 Å². The molecule has 0 amide bonds. The summed E-state index contributed by atoms with van der Waals surface area (Å²) >= 11 is 0. The summed E-state index contributed by atoms with van der Waals surface area (Å²) in [4.78, 5) is 25.4. The number of aliphatic hydroxyl groups is 2. The Labute approximate surface area is 228 Å². The van der Waals surface area contributed by atoms with Crippen molar-refractivity contribution in [1.82, 2.24) is 0 Å². The molecule has 5 aliphatic rings. The number of aliphatic hydroxyl groups excluding tert-OH is 1. The molecule has 5 rings (SSSR count). The molecule has 212 valence electrons. The van der Waals surface area contributed by atoms with Gasteiger partial charge in [0.05, 0.1) is 18.3 Å². The maximum Gasteiger partial charge on any atom is 0.302 e. The second kappa shape index (κ2) is 8.75. The molecule has 0 spiro atoms. The number of ketones is 1. The molecule has 1 saturated heterocycles. The summed E-state index contributed by atoms with van der Waals surface area (Å²) < 4.78 is 12.3. The molecule has 0 radical (unpaired) electrons. The highest BCUT2D eigenvalue weighted by Gasteiger charge is 2.69. The van der Waals surface area contributed by atoms with Gasteiger partial charge in [-0.1, -0.05) is 52.3 Å². The maximum atomic E-state index is 13.0. The summed E-state index contributed by atoms with van der Waals surface area (Å²) in [5.41, 5.74) is -0.853. The average molecular weight is 529 g/mol. The highest BCUT2D eigenvalue weighted by molar-refractivity contribution is 5.95. The zero-order chi connectivity index (χ0) is 28.1. The first-order valence-electron chi connectivity index (χ1n) is 14.6. The molecular weight excluding hydrogens is 480 g/mol. The van der Waals surface area contributed by atoms with Gasteiger partial charge in [0, 0.05) is 17.8 Å². The summed E-state index contributed by atoms with van der Waals surface area (Å²) in [6.07, 6.45) is 9.25. The molecule has 0 aromatic rings. The van der Waals surface area contributed by atoms with Crippen LogP contribution in [0, 0.1) is 45.3 Å². The van der Waals surface area contributed by atoms with E-state index in [9.17, 15) is 19.8 Å². The van der Waals surface area contributed by atoms with Gasteiger partial charge >= 0.3 is 5.97 Å². The smallest absolute Gasteiger partial charge is 0.302 e. The van der Waals surface area contributed by atoms with Crippen LogP contribution < -0.4 is 0 Å². The number of carbonyl (C=O) groups is 2. The van der Waals surface area contributed by atoms with E-state index < -0.39 is 17.1 Å². The Bertz CT molecular complexity index is 1070. The molecule has 0 bridgehead atoms. The van der Waals surface area contributed by atoms with Crippen molar-refractivity contribution in [2.75, 3.05) is 6.61 Å². The van der Waals surface area contributed by atoms with E-state index in [0.29, 0.717) is 24.9 Å². The third kappa shape index (κ3) is 3.83. The third-order valence-corrected chi connectivity index (χ3v) is 12.0. The zero-order valence-electron chi connectivity index (χ0n) is 24.5. The highest BCUT2D eigenvalue weighted by atomic mass is 16.5. The Morgan fingerprint density at radius 2 is 1.84 bits per heavy atom. The molecule has 38 heavy (non-hydrogen) atoms. The summed E-state index contributed by atoms with van der Waals surface area (Å²) in [7, 11) is 0. The Balaban J connectivity index is 1.50. The van der Waals surface area contributed by atoms with Gasteiger partial charge in [-0.25, -0.2) is 0 Å². The van der Waals surface area contributed by atoms with Gasteiger partial charge in [-0.15, -0.1) is 0 Å². The van der Waals surface area contributed by atoms with E-state index in [1.807, 2.05) is 6.08 Å². The van der Waals surface area contributed by atoms with Crippen molar-refractivity contribution in [2.45, 2.75) is 111 Å². The van der Waals surface area contributed by atoms with Crippen LogP contribution in [0.25, 0.3) is 0 Å². The lowest BCUT2D eigenvalue weighted by Crippen LogP contribution is -2.64. The second-order valence-corrected chi connectivity index (χ2v) is 14.9. The first kappa shape index (κ1) is 28.0. The first-order chi connectivity index (χ1) is 17.5. The van der Waals surface area contributed by atoms with Crippen LogP contribution >= 0.6 is 0 Å². The molecular formula is C32H48O6. The standard InChI is InChI=1S/C32H48O6/c1-18(33)38-26-16-24-28(2,3)25(34)12-14-31(24,7)23-11-13-30(6)20(9-10-22(30)32(23,26)8)19-15-21(37-17-19)27(35)29(4,5)36/h10,12,14,19-21,23-24,26-27,35-36H,9,11,13,15-17H2,1-8H3/t19-,20+,21?,23?,24+,26-,27-,30+,31-,32+/m1/s1. The molecule has 0 aromatic carbocycles. The molecule has 6 heteroatoms. The number of carbonyl (C=O) groups excluding carboxylic acids is 2. The number of fused-ring (bicyclic) bond motifs is 5. The van der Waals surface area contributed by atoms with Gasteiger partial charge in [0.25, 0.3) is 0 Å². The molecule has 0 aromatic heterocycles. The van der Waals surface area contributed by atoms with Crippen molar-refractivity contribution in [3.8, 4) is 0 Å². The lowest BCUT2D eigenvalue weighted by molar-refractivity contribution is -0.188. The maximum absolute atomic E-state index is 13.0. The van der Waals surface area contributed by atoms with Crippen LogP contribution in [-0.4, -0.2) is 52.5 Å². The number of hydrogen-bond donors (Lipinski definition) is 2. The monoisotopic (exact) mass is 528 g/mol. The Kier molecular flexibility index (Phi) is 6.46. The minimum Gasteiger partial charge on any atom is -0.462 e. The van der Waals surface area contributed by atoms with Crippen LogP contribution in [0.3, 0.4) is 0 Å². The predicted octanol–water partition coefficient (Wildman–Crippen LogP) is 5.02. The van der Waals surface area contributed by atoms with E-state index in [-0.39, 0.29) is 52.0 Å². The fourth-order valence-electron chi connectivity index (χ4n) is 10.0. The van der Waals surface area contributed by atoms with Crippen molar-refractivity contribution in [3.05, 3.63) is 23.8 Å². The van der Waals surface area contributed by atoms with Gasteiger partial charge in [0.15, 0.2) is 5.78 Å². The molecule has 2 N–H and O–H groups in total. The minimum absolute atomic E-state index is 0.0564. The zero-order valence-corrected chi connectivity index (χ0v) is 24.5. The normalized spacial score (nSPS) is 46.6. The predicted molar refractivity (Wildman–Crippen MR) is 145 cm³/mol. The average Bonchev–Trinajstić information content (AvgIpc) is 3.41. The third-order valence-electron chi connectivity index (χ3n) is 12.0. The van der Waals surface area contributed by atoms with Crippen LogP contribution in [0.2, 0.25) is 0 Å². The van der Waals surface area contributed by atoms with Gasteiger partial charge in [-0.05, 0) is 86.5 Å². The number of allylic oxidation sites excluding steroid dienone is 3. The number of rotatable bonds is 4. The summed E-state index contributed by atoms with van der Waals surface area (Å²) in [6.45, 7) is 16.5. The SMILES string of the molecule is CC(=O)O[C@@H]1C[C@H]2C(C)(C)C(=O)C=C[C@]2(C)C2CC[C@]3(C)C(=CC[C@H]3[C@H]3COC([C@@H](O)C(C)(C)O)C3)[C@@]21C. The second-order valence-electron chi connectivity index (χ2n) is 14.9. The number of esters is 1. The molecule has 6 nitrogen and oxygen atoms in total. The molecule has 2 unspecified atom stereocenters. The lowest BCUT2D eigenvalue weighted by Gasteiger charge is -2.66. The number of ether oxygens (including phenoxy) is 2. The minimum atomic E-state index is -1.21. The van der Waals surface area contributed by atoms with Gasteiger partial charge in [-0.2, -0.15) is 0 Å². The Morgan fingerprint density at radius 3 is 2.47 bits per heavy atom.